The first-order chi connectivity index (χ1) is 25.7. The van der Waals surface area contributed by atoms with Gasteiger partial charge in [-0.25, -0.2) is 23.5 Å². The Labute approximate surface area is 304 Å². The van der Waals surface area contributed by atoms with Gasteiger partial charge in [0.25, 0.3) is 5.91 Å². The highest BCUT2D eigenvalue weighted by atomic mass is 19.1. The van der Waals surface area contributed by atoms with Crippen molar-refractivity contribution < 1.29 is 28.2 Å². The molecule has 1 aliphatic rings. The molecule has 1 fully saturated rings. The smallest absolute Gasteiger partial charge is 0.322 e. The van der Waals surface area contributed by atoms with Crippen LogP contribution in [-0.2, 0) is 13.0 Å². The van der Waals surface area contributed by atoms with Crippen LogP contribution in [-0.4, -0.2) is 65.2 Å². The molecule has 0 unspecified atom stereocenters. The van der Waals surface area contributed by atoms with E-state index in [1.165, 1.54) is 25.3 Å². The van der Waals surface area contributed by atoms with Crippen molar-refractivity contribution in [3.05, 3.63) is 119 Å². The molecule has 1 saturated heterocycles. The number of urea groups is 1. The summed E-state index contributed by atoms with van der Waals surface area (Å²) in [6.07, 6.45) is 0.404. The zero-order chi connectivity index (χ0) is 37.1. The quantitative estimate of drug-likeness (QED) is 0.113. The van der Waals surface area contributed by atoms with Crippen molar-refractivity contribution >= 4 is 62.2 Å². The zero-order valence-corrected chi connectivity index (χ0v) is 29.1. The highest BCUT2D eigenvalue weighted by molar-refractivity contribution is 6.09. The lowest BCUT2D eigenvalue weighted by Gasteiger charge is -2.36. The van der Waals surface area contributed by atoms with Gasteiger partial charge < -0.3 is 35.6 Å². The maximum absolute atomic E-state index is 13.9. The second kappa shape index (κ2) is 15.1. The molecule has 0 aliphatic carbocycles. The van der Waals surface area contributed by atoms with E-state index >= 15 is 0 Å². The number of rotatable bonds is 9. The molecular weight excluding hydrogens is 680 g/mol. The average molecular weight is 718 g/mol. The van der Waals surface area contributed by atoms with E-state index < -0.39 is 23.6 Å². The highest BCUT2D eigenvalue weighted by Gasteiger charge is 2.25. The number of piperazine rings is 1. The lowest BCUT2D eigenvalue weighted by atomic mass is 10.1. The number of aliphatic hydroxyl groups is 1. The van der Waals surface area contributed by atoms with Crippen LogP contribution >= 0.6 is 0 Å². The summed E-state index contributed by atoms with van der Waals surface area (Å²) in [5, 5.41) is 21.3. The highest BCUT2D eigenvalue weighted by Crippen LogP contribution is 2.34. The van der Waals surface area contributed by atoms with E-state index in [0.29, 0.717) is 60.9 Å². The standard InChI is InChI=1S/C40H37F2N7O4/c1-3-33-32(22-36(39(46-33)53-2)47-40(52)49-14-12-48(13-15-49)29-19-25(41)18-26(42)20-29)38(51)44-28-17-24(23-50)16-27(21-28)43-37-30-8-4-6-10-34(30)45-35-11-7-5-9-31(35)37/h4-11,16-22,50H,3,12-15,23H2,1-2H3,(H,43,45)(H,44,51)(H,47,52). The number of pyridine rings is 2. The van der Waals surface area contributed by atoms with Gasteiger partial charge in [-0.2, -0.15) is 0 Å². The van der Waals surface area contributed by atoms with Crippen LogP contribution in [0.5, 0.6) is 5.88 Å². The number of halogens is 2. The number of aliphatic hydroxyl groups excluding tert-OH is 1. The van der Waals surface area contributed by atoms with Crippen LogP contribution in [0.25, 0.3) is 21.8 Å². The topological polar surface area (TPSA) is 132 Å². The third kappa shape index (κ3) is 7.51. The largest absolute Gasteiger partial charge is 0.480 e. The van der Waals surface area contributed by atoms with Gasteiger partial charge in [-0.05, 0) is 60.5 Å². The van der Waals surface area contributed by atoms with Gasteiger partial charge in [0.15, 0.2) is 0 Å². The van der Waals surface area contributed by atoms with Crippen LogP contribution in [0.2, 0.25) is 0 Å². The van der Waals surface area contributed by atoms with E-state index in [1.807, 2.05) is 66.4 Å². The fraction of sp³-hybridized carbons (Fsp3) is 0.200. The first-order valence-corrected chi connectivity index (χ1v) is 17.2. The minimum absolute atomic E-state index is 0.145. The van der Waals surface area contributed by atoms with Crippen LogP contribution in [0.1, 0.15) is 28.5 Å². The van der Waals surface area contributed by atoms with Crippen molar-refractivity contribution in [1.29, 1.82) is 0 Å². The molecule has 1 aliphatic heterocycles. The van der Waals surface area contributed by atoms with E-state index in [-0.39, 0.29) is 23.7 Å². The Morgan fingerprint density at radius 3 is 2.08 bits per heavy atom. The number of carbonyl (C=O) groups is 2. The number of aryl methyl sites for hydroxylation is 1. The summed E-state index contributed by atoms with van der Waals surface area (Å²) >= 11 is 0. The minimum Gasteiger partial charge on any atom is -0.480 e. The van der Waals surface area contributed by atoms with Crippen molar-refractivity contribution in [3.63, 3.8) is 0 Å². The van der Waals surface area contributed by atoms with Crippen LogP contribution in [0, 0.1) is 11.6 Å². The number of nitrogens with zero attached hydrogens (tertiary/aromatic N) is 4. The predicted molar refractivity (Wildman–Crippen MR) is 202 cm³/mol. The molecule has 0 atom stereocenters. The molecule has 0 bridgehead atoms. The predicted octanol–water partition coefficient (Wildman–Crippen LogP) is 7.47. The number of ether oxygens (including phenoxy) is 1. The van der Waals surface area contributed by atoms with E-state index in [2.05, 4.69) is 20.9 Å². The van der Waals surface area contributed by atoms with E-state index in [9.17, 15) is 23.5 Å². The number of para-hydroxylation sites is 2. The van der Waals surface area contributed by atoms with Gasteiger partial charge in [0.05, 0.1) is 41.7 Å². The Bertz CT molecular complexity index is 2270. The van der Waals surface area contributed by atoms with Crippen LogP contribution < -0.4 is 25.6 Å². The summed E-state index contributed by atoms with van der Waals surface area (Å²) in [4.78, 5) is 40.0. The molecule has 3 amide bonds. The van der Waals surface area contributed by atoms with Crippen molar-refractivity contribution in [3.8, 4) is 5.88 Å². The van der Waals surface area contributed by atoms with Gasteiger partial charge in [-0.15, -0.1) is 0 Å². The van der Waals surface area contributed by atoms with Crippen molar-refractivity contribution in [1.82, 2.24) is 14.9 Å². The third-order valence-corrected chi connectivity index (χ3v) is 9.15. The van der Waals surface area contributed by atoms with Gasteiger partial charge in [0, 0.05) is 60.1 Å². The molecule has 3 heterocycles. The second-order valence-electron chi connectivity index (χ2n) is 12.6. The van der Waals surface area contributed by atoms with Crippen molar-refractivity contribution in [2.75, 3.05) is 54.1 Å². The third-order valence-electron chi connectivity index (χ3n) is 9.15. The zero-order valence-electron chi connectivity index (χ0n) is 29.1. The van der Waals surface area contributed by atoms with E-state index in [0.717, 1.165) is 33.6 Å². The first-order valence-electron chi connectivity index (χ1n) is 17.2. The second-order valence-corrected chi connectivity index (χ2v) is 12.6. The minimum atomic E-state index is -0.666. The number of nitrogens with one attached hydrogen (secondary N) is 3. The lowest BCUT2D eigenvalue weighted by molar-refractivity contribution is 0.102. The van der Waals surface area contributed by atoms with Crippen LogP contribution in [0.15, 0.2) is 91.0 Å². The van der Waals surface area contributed by atoms with E-state index in [1.54, 1.807) is 17.0 Å². The molecule has 7 rings (SSSR count). The monoisotopic (exact) mass is 717 g/mol. The number of hydrogen-bond donors (Lipinski definition) is 4. The number of anilines is 5. The number of carbonyl (C=O) groups excluding carboxylic acids is 2. The summed E-state index contributed by atoms with van der Waals surface area (Å²) in [5.74, 6) is -1.66. The number of methoxy groups -OCH3 is 1. The molecule has 0 radical (unpaired) electrons. The molecule has 4 N–H and O–H groups in total. The average Bonchev–Trinajstić information content (AvgIpc) is 3.17. The van der Waals surface area contributed by atoms with Crippen molar-refractivity contribution in [2.45, 2.75) is 20.0 Å². The Hall–Kier alpha value is -6.34. The Balaban J connectivity index is 1.11. The number of benzene rings is 4. The van der Waals surface area contributed by atoms with Gasteiger partial charge in [-0.1, -0.05) is 43.3 Å². The lowest BCUT2D eigenvalue weighted by Crippen LogP contribution is -2.50. The molecule has 270 valence electrons. The molecule has 13 heteroatoms. The normalized spacial score (nSPS) is 12.9. The fourth-order valence-corrected chi connectivity index (χ4v) is 6.57. The SMILES string of the molecule is CCc1nc(OC)c(NC(=O)N2CCN(c3cc(F)cc(F)c3)CC2)cc1C(=O)Nc1cc(CO)cc(Nc2c3ccccc3nc3ccccc23)c1. The van der Waals surface area contributed by atoms with Gasteiger partial charge in [0.2, 0.25) is 5.88 Å². The Kier molecular flexibility index (Phi) is 9.99. The molecule has 0 spiro atoms. The number of hydrogen-bond acceptors (Lipinski definition) is 8. The summed E-state index contributed by atoms with van der Waals surface area (Å²) < 4.78 is 33.1. The van der Waals surface area contributed by atoms with Crippen LogP contribution in [0.3, 0.4) is 0 Å². The first kappa shape index (κ1) is 35.1. The summed E-state index contributed by atoms with van der Waals surface area (Å²) in [5.41, 5.74) is 5.46. The van der Waals surface area contributed by atoms with Gasteiger partial charge >= 0.3 is 6.03 Å². The molecule has 2 aromatic heterocycles. The van der Waals surface area contributed by atoms with Crippen LogP contribution in [0.4, 0.5) is 42.0 Å². The Morgan fingerprint density at radius 2 is 1.45 bits per heavy atom. The van der Waals surface area contributed by atoms with Gasteiger partial charge in [0.1, 0.15) is 17.3 Å². The summed E-state index contributed by atoms with van der Waals surface area (Å²) in [6.45, 7) is 2.92. The summed E-state index contributed by atoms with van der Waals surface area (Å²) in [7, 11) is 1.43. The number of fused-ring (bicyclic) bond motifs is 2. The molecule has 6 aromatic rings. The number of amides is 3. The molecule has 53 heavy (non-hydrogen) atoms. The molecular formula is C40H37F2N7O4. The molecule has 11 nitrogen and oxygen atoms in total. The van der Waals surface area contributed by atoms with Crippen molar-refractivity contribution in [2.24, 2.45) is 0 Å². The molecule has 4 aromatic carbocycles. The summed E-state index contributed by atoms with van der Waals surface area (Å²) in [6, 6.07) is 25.4. The van der Waals surface area contributed by atoms with E-state index in [4.69, 9.17) is 9.72 Å². The molecule has 0 saturated carbocycles. The van der Waals surface area contributed by atoms with Gasteiger partial charge in [-0.3, -0.25) is 4.79 Å². The maximum atomic E-state index is 13.9. The Morgan fingerprint density at radius 1 is 0.811 bits per heavy atom. The number of aromatic nitrogens is 2. The maximum Gasteiger partial charge on any atom is 0.322 e. The fourth-order valence-electron chi connectivity index (χ4n) is 6.57.